The number of carbonyl (C=O) groups is 3. The zero-order valence-corrected chi connectivity index (χ0v) is 18.1. The molecule has 0 spiro atoms. The van der Waals surface area contributed by atoms with Gasteiger partial charge in [-0.2, -0.15) is 0 Å². The number of aliphatic hydroxyl groups is 1. The van der Waals surface area contributed by atoms with Crippen LogP contribution in [0, 0.1) is 0 Å². The van der Waals surface area contributed by atoms with Gasteiger partial charge in [-0.05, 0) is 42.0 Å². The highest BCUT2D eigenvalue weighted by atomic mass is 16.5. The van der Waals surface area contributed by atoms with Crippen LogP contribution >= 0.6 is 0 Å². The lowest BCUT2D eigenvalue weighted by Crippen LogP contribution is -2.30. The summed E-state index contributed by atoms with van der Waals surface area (Å²) in [6, 6.07) is 17.5. The van der Waals surface area contributed by atoms with Gasteiger partial charge in [-0.15, -0.1) is 0 Å². The number of hydrogen-bond acceptors (Lipinski definition) is 7. The molecule has 1 atom stereocenters. The topological polar surface area (TPSA) is 110 Å². The highest BCUT2D eigenvalue weighted by Crippen LogP contribution is 2.40. The number of esters is 1. The van der Waals surface area contributed by atoms with Gasteiger partial charge < -0.3 is 23.6 Å². The Hall–Kier alpha value is -4.59. The monoisotopic (exact) mass is 457 g/mol. The van der Waals surface area contributed by atoms with Gasteiger partial charge in [0.05, 0.1) is 37.1 Å². The Kier molecular flexibility index (Phi) is 5.25. The molecule has 34 heavy (non-hydrogen) atoms. The van der Waals surface area contributed by atoms with Crippen LogP contribution in [0.25, 0.3) is 11.0 Å². The molecule has 0 saturated heterocycles. The van der Waals surface area contributed by atoms with Crippen LogP contribution in [0.3, 0.4) is 0 Å². The third kappa shape index (κ3) is 3.55. The third-order valence-corrected chi connectivity index (χ3v) is 5.75. The lowest BCUT2D eigenvalue weighted by molar-refractivity contribution is -0.130. The number of benzene rings is 2. The number of hydrogen-bond donors (Lipinski definition) is 1. The summed E-state index contributed by atoms with van der Waals surface area (Å²) in [6.45, 7) is 0.0240. The lowest BCUT2D eigenvalue weighted by Gasteiger charge is -2.26. The van der Waals surface area contributed by atoms with E-state index in [0.717, 1.165) is 5.39 Å². The maximum Gasteiger partial charge on any atom is 0.337 e. The number of Topliss-reactive ketones (excluding diaryl/α,β-unsaturated/α-hetero) is 1. The summed E-state index contributed by atoms with van der Waals surface area (Å²) in [5.74, 6) is -2.00. The molecule has 2 aromatic heterocycles. The predicted octanol–water partition coefficient (Wildman–Crippen LogP) is 4.59. The Morgan fingerprint density at radius 1 is 1.06 bits per heavy atom. The first-order valence-electron chi connectivity index (χ1n) is 10.5. The zero-order valence-electron chi connectivity index (χ0n) is 18.1. The second-order valence-electron chi connectivity index (χ2n) is 7.77. The Morgan fingerprint density at radius 3 is 2.50 bits per heavy atom. The fourth-order valence-corrected chi connectivity index (χ4v) is 4.11. The summed E-state index contributed by atoms with van der Waals surface area (Å²) in [7, 11) is 1.28. The lowest BCUT2D eigenvalue weighted by atomic mass is 9.94. The van der Waals surface area contributed by atoms with Crippen molar-refractivity contribution in [3.8, 4) is 0 Å². The molecule has 170 valence electrons. The molecule has 1 aliphatic heterocycles. The second kappa shape index (κ2) is 8.40. The minimum absolute atomic E-state index is 0.00609. The molecule has 3 heterocycles. The van der Waals surface area contributed by atoms with Gasteiger partial charge in [0, 0.05) is 5.39 Å². The SMILES string of the molecule is COC(=O)c1ccc(C2C(C(=O)c3cc4ccccc4o3)=C(O)C(=O)N2Cc2ccco2)cc1. The number of fused-ring (bicyclic) bond motifs is 1. The Labute approximate surface area is 193 Å². The van der Waals surface area contributed by atoms with E-state index in [9.17, 15) is 19.5 Å². The van der Waals surface area contributed by atoms with Gasteiger partial charge in [-0.3, -0.25) is 9.59 Å². The van der Waals surface area contributed by atoms with Crippen molar-refractivity contribution in [2.45, 2.75) is 12.6 Å². The van der Waals surface area contributed by atoms with Gasteiger partial charge in [-0.1, -0.05) is 30.3 Å². The first-order chi connectivity index (χ1) is 16.5. The van der Waals surface area contributed by atoms with E-state index in [1.807, 2.05) is 6.07 Å². The Morgan fingerprint density at radius 2 is 1.82 bits per heavy atom. The number of aliphatic hydroxyl groups excluding tert-OH is 1. The summed E-state index contributed by atoms with van der Waals surface area (Å²) >= 11 is 0. The number of rotatable bonds is 6. The van der Waals surface area contributed by atoms with Crippen molar-refractivity contribution in [3.05, 3.63) is 107 Å². The Balaban J connectivity index is 1.59. The molecule has 0 bridgehead atoms. The van der Waals surface area contributed by atoms with E-state index in [1.54, 1.807) is 48.5 Å². The number of amides is 1. The summed E-state index contributed by atoms with van der Waals surface area (Å²) in [5.41, 5.74) is 1.24. The largest absolute Gasteiger partial charge is 0.503 e. The summed E-state index contributed by atoms with van der Waals surface area (Å²) in [4.78, 5) is 39.8. The normalized spacial score (nSPS) is 15.9. The molecular formula is C26H19NO7. The highest BCUT2D eigenvalue weighted by molar-refractivity contribution is 6.16. The van der Waals surface area contributed by atoms with Crippen LogP contribution in [-0.2, 0) is 16.1 Å². The molecule has 8 heteroatoms. The second-order valence-corrected chi connectivity index (χ2v) is 7.77. The number of furan rings is 2. The van der Waals surface area contributed by atoms with Crippen LogP contribution in [0.5, 0.6) is 0 Å². The van der Waals surface area contributed by atoms with Crippen molar-refractivity contribution in [2.24, 2.45) is 0 Å². The standard InChI is InChI=1S/C26H19NO7/c1-32-26(31)16-10-8-15(9-11-16)22-21(23(28)20-13-17-5-2-3-7-19(17)34-20)24(29)25(30)27(22)14-18-6-4-12-33-18/h2-13,22,29H,14H2,1H3. The summed E-state index contributed by atoms with van der Waals surface area (Å²) in [5, 5.41) is 11.5. The molecule has 1 amide bonds. The van der Waals surface area contributed by atoms with Gasteiger partial charge in [0.25, 0.3) is 5.91 Å². The van der Waals surface area contributed by atoms with E-state index in [1.165, 1.54) is 30.4 Å². The van der Waals surface area contributed by atoms with Crippen LogP contribution < -0.4 is 0 Å². The van der Waals surface area contributed by atoms with Crippen LogP contribution in [0.4, 0.5) is 0 Å². The van der Waals surface area contributed by atoms with Gasteiger partial charge >= 0.3 is 5.97 Å². The fourth-order valence-electron chi connectivity index (χ4n) is 4.11. The molecule has 1 N–H and O–H groups in total. The average molecular weight is 457 g/mol. The average Bonchev–Trinajstić information content (AvgIpc) is 3.59. The minimum Gasteiger partial charge on any atom is -0.503 e. The van der Waals surface area contributed by atoms with E-state index < -0.39 is 29.5 Å². The van der Waals surface area contributed by atoms with Crippen LogP contribution in [0.15, 0.2) is 93.2 Å². The fraction of sp³-hybridized carbons (Fsp3) is 0.115. The van der Waals surface area contributed by atoms with Crippen molar-refractivity contribution in [1.82, 2.24) is 4.90 Å². The molecule has 0 saturated carbocycles. The number of para-hydroxylation sites is 1. The van der Waals surface area contributed by atoms with Crippen LogP contribution in [-0.4, -0.2) is 34.8 Å². The van der Waals surface area contributed by atoms with E-state index in [2.05, 4.69) is 0 Å². The van der Waals surface area contributed by atoms with E-state index in [4.69, 9.17) is 13.6 Å². The molecule has 0 aliphatic carbocycles. The quantitative estimate of drug-likeness (QED) is 0.333. The summed E-state index contributed by atoms with van der Waals surface area (Å²) < 4.78 is 15.8. The molecule has 2 aromatic carbocycles. The van der Waals surface area contributed by atoms with Gasteiger partial charge in [0.2, 0.25) is 5.78 Å². The van der Waals surface area contributed by atoms with E-state index >= 15 is 0 Å². The van der Waals surface area contributed by atoms with Crippen molar-refractivity contribution in [2.75, 3.05) is 7.11 Å². The first kappa shape index (κ1) is 21.3. The smallest absolute Gasteiger partial charge is 0.337 e. The molecule has 0 fully saturated rings. The zero-order chi connectivity index (χ0) is 23.8. The maximum absolute atomic E-state index is 13.5. The van der Waals surface area contributed by atoms with Gasteiger partial charge in [0.1, 0.15) is 11.3 Å². The van der Waals surface area contributed by atoms with Crippen molar-refractivity contribution >= 4 is 28.6 Å². The van der Waals surface area contributed by atoms with Crippen molar-refractivity contribution in [3.63, 3.8) is 0 Å². The number of nitrogens with zero attached hydrogens (tertiary/aromatic N) is 1. The maximum atomic E-state index is 13.5. The molecule has 1 aliphatic rings. The van der Waals surface area contributed by atoms with Crippen LogP contribution in [0.2, 0.25) is 0 Å². The highest BCUT2D eigenvalue weighted by Gasteiger charge is 2.44. The Bertz CT molecular complexity index is 1390. The molecule has 5 rings (SSSR count). The van der Waals surface area contributed by atoms with Crippen molar-refractivity contribution in [1.29, 1.82) is 0 Å². The number of ether oxygens (including phenoxy) is 1. The molecule has 1 unspecified atom stereocenters. The van der Waals surface area contributed by atoms with Gasteiger partial charge in [0.15, 0.2) is 11.5 Å². The first-order valence-corrected chi connectivity index (χ1v) is 10.5. The number of ketones is 1. The van der Waals surface area contributed by atoms with E-state index in [-0.39, 0.29) is 17.9 Å². The molecule has 4 aromatic rings. The van der Waals surface area contributed by atoms with E-state index in [0.29, 0.717) is 22.5 Å². The summed E-state index contributed by atoms with van der Waals surface area (Å²) in [6.07, 6.45) is 1.48. The molecular weight excluding hydrogens is 438 g/mol. The van der Waals surface area contributed by atoms with Crippen LogP contribution in [0.1, 0.15) is 38.3 Å². The number of methoxy groups -OCH3 is 1. The molecule has 8 nitrogen and oxygen atoms in total. The minimum atomic E-state index is -0.926. The van der Waals surface area contributed by atoms with Gasteiger partial charge in [-0.25, -0.2) is 4.79 Å². The third-order valence-electron chi connectivity index (χ3n) is 5.75. The van der Waals surface area contributed by atoms with Crippen molar-refractivity contribution < 1.29 is 33.1 Å². The predicted molar refractivity (Wildman–Crippen MR) is 120 cm³/mol. The molecule has 0 radical (unpaired) electrons. The number of carbonyl (C=O) groups excluding carboxylic acids is 3.